The van der Waals surface area contributed by atoms with Crippen LogP contribution in [0.1, 0.15) is 17.1 Å². The molecule has 0 aliphatic carbocycles. The van der Waals surface area contributed by atoms with Crippen LogP contribution in [0.15, 0.2) is 53.4 Å². The zero-order chi connectivity index (χ0) is 24.0. The summed E-state index contributed by atoms with van der Waals surface area (Å²) in [4.78, 5) is 11.8. The number of para-hydroxylation sites is 1. The molecule has 34 heavy (non-hydrogen) atoms. The molecule has 0 radical (unpaired) electrons. The number of nitrogens with zero attached hydrogens (tertiary/aromatic N) is 6. The van der Waals surface area contributed by atoms with E-state index in [9.17, 15) is 8.42 Å². The molecule has 2 aromatic heterocycles. The van der Waals surface area contributed by atoms with E-state index in [1.54, 1.807) is 24.3 Å². The van der Waals surface area contributed by atoms with Gasteiger partial charge in [0.2, 0.25) is 10.0 Å². The Morgan fingerprint density at radius 1 is 0.882 bits per heavy atom. The summed E-state index contributed by atoms with van der Waals surface area (Å²) in [5, 5.41) is 6.19. The van der Waals surface area contributed by atoms with Gasteiger partial charge in [0.15, 0.2) is 5.65 Å². The van der Waals surface area contributed by atoms with E-state index in [2.05, 4.69) is 4.90 Å². The van der Waals surface area contributed by atoms with Gasteiger partial charge in [-0.05, 0) is 56.7 Å². The number of halogens is 1. The summed E-state index contributed by atoms with van der Waals surface area (Å²) in [5.74, 6) is 1.44. The lowest BCUT2D eigenvalue weighted by Crippen LogP contribution is -2.49. The molecule has 0 bridgehead atoms. The van der Waals surface area contributed by atoms with Gasteiger partial charge in [-0.3, -0.25) is 0 Å². The number of aromatic nitrogens is 4. The van der Waals surface area contributed by atoms with Gasteiger partial charge >= 0.3 is 0 Å². The molecular weight excluding hydrogens is 472 g/mol. The average Bonchev–Trinajstić information content (AvgIpc) is 3.15. The molecule has 4 aromatic rings. The van der Waals surface area contributed by atoms with Crippen LogP contribution in [0.5, 0.6) is 0 Å². The first-order chi connectivity index (χ1) is 16.3. The fourth-order valence-corrected chi connectivity index (χ4v) is 5.91. The smallest absolute Gasteiger partial charge is 0.243 e. The van der Waals surface area contributed by atoms with Crippen molar-refractivity contribution in [3.05, 3.63) is 70.6 Å². The molecule has 0 atom stereocenters. The molecule has 1 aliphatic rings. The van der Waals surface area contributed by atoms with Crippen molar-refractivity contribution in [3.8, 4) is 5.69 Å². The van der Waals surface area contributed by atoms with E-state index >= 15 is 0 Å². The molecule has 0 amide bonds. The van der Waals surface area contributed by atoms with Crippen molar-refractivity contribution < 1.29 is 8.42 Å². The first-order valence-electron chi connectivity index (χ1n) is 11.1. The van der Waals surface area contributed by atoms with Crippen molar-refractivity contribution in [2.75, 3.05) is 31.1 Å². The van der Waals surface area contributed by atoms with Crippen molar-refractivity contribution >= 4 is 38.5 Å². The minimum Gasteiger partial charge on any atom is -0.353 e. The second-order valence-corrected chi connectivity index (χ2v) is 10.8. The number of hydrogen-bond donors (Lipinski definition) is 0. The van der Waals surface area contributed by atoms with E-state index in [0.717, 1.165) is 33.8 Å². The number of sulfonamides is 1. The zero-order valence-electron chi connectivity index (χ0n) is 19.2. The Morgan fingerprint density at radius 3 is 2.24 bits per heavy atom. The van der Waals surface area contributed by atoms with E-state index in [1.165, 1.54) is 4.31 Å². The Hall–Kier alpha value is -3.01. The third kappa shape index (κ3) is 3.93. The number of benzene rings is 2. The third-order valence-electron chi connectivity index (χ3n) is 6.13. The molecule has 3 heterocycles. The number of hydrogen-bond acceptors (Lipinski definition) is 6. The van der Waals surface area contributed by atoms with Gasteiger partial charge in [0.1, 0.15) is 11.6 Å². The maximum absolute atomic E-state index is 13.1. The molecule has 0 saturated carbocycles. The second kappa shape index (κ2) is 8.65. The van der Waals surface area contributed by atoms with E-state index in [0.29, 0.717) is 37.0 Å². The number of aryl methyl sites for hydroxylation is 3. The average molecular weight is 497 g/mol. The molecule has 1 saturated heterocycles. The van der Waals surface area contributed by atoms with Gasteiger partial charge in [0.05, 0.1) is 21.7 Å². The van der Waals surface area contributed by atoms with Crippen LogP contribution in [-0.2, 0) is 10.0 Å². The summed E-state index contributed by atoms with van der Waals surface area (Å²) in [5.41, 5.74) is 3.67. The van der Waals surface area contributed by atoms with Gasteiger partial charge < -0.3 is 4.90 Å². The van der Waals surface area contributed by atoms with Crippen molar-refractivity contribution in [2.24, 2.45) is 0 Å². The zero-order valence-corrected chi connectivity index (χ0v) is 20.8. The van der Waals surface area contributed by atoms with Crippen molar-refractivity contribution in [3.63, 3.8) is 0 Å². The quantitative estimate of drug-likeness (QED) is 0.426. The molecule has 1 fully saturated rings. The van der Waals surface area contributed by atoms with E-state index in [4.69, 9.17) is 26.7 Å². The summed E-state index contributed by atoms with van der Waals surface area (Å²) in [6, 6.07) is 14.3. The SMILES string of the molecule is Cc1nc(N2CCN(S(=O)(=O)c3ccc(Cl)cc3)CC2)c2c(C)nn(-c3ccccc3C)c2n1. The largest absolute Gasteiger partial charge is 0.353 e. The lowest BCUT2D eigenvalue weighted by atomic mass is 10.2. The predicted octanol–water partition coefficient (Wildman–Crippen LogP) is 3.91. The molecule has 5 rings (SSSR count). The Labute approximate surface area is 203 Å². The van der Waals surface area contributed by atoms with Gasteiger partial charge in [0, 0.05) is 31.2 Å². The highest BCUT2D eigenvalue weighted by Crippen LogP contribution is 2.31. The first-order valence-corrected chi connectivity index (χ1v) is 12.9. The topological polar surface area (TPSA) is 84.2 Å². The predicted molar refractivity (Wildman–Crippen MR) is 133 cm³/mol. The highest BCUT2D eigenvalue weighted by atomic mass is 35.5. The molecule has 0 unspecified atom stereocenters. The highest BCUT2D eigenvalue weighted by molar-refractivity contribution is 7.89. The van der Waals surface area contributed by atoms with Crippen LogP contribution in [0.2, 0.25) is 5.02 Å². The molecule has 1 aliphatic heterocycles. The Balaban J connectivity index is 1.47. The number of piperazine rings is 1. The van der Waals surface area contributed by atoms with Crippen LogP contribution in [-0.4, -0.2) is 58.7 Å². The Bertz CT molecular complexity index is 1480. The fraction of sp³-hybridized carbons (Fsp3) is 0.292. The minimum atomic E-state index is -3.58. The van der Waals surface area contributed by atoms with Gasteiger partial charge in [0.25, 0.3) is 0 Å². The maximum atomic E-state index is 13.1. The molecule has 0 N–H and O–H groups in total. The summed E-state index contributed by atoms with van der Waals surface area (Å²) in [7, 11) is -3.58. The van der Waals surface area contributed by atoms with Gasteiger partial charge in [-0.15, -0.1) is 0 Å². The number of rotatable bonds is 4. The molecule has 10 heteroatoms. The Morgan fingerprint density at radius 2 is 1.56 bits per heavy atom. The van der Waals surface area contributed by atoms with Crippen molar-refractivity contribution in [2.45, 2.75) is 25.7 Å². The van der Waals surface area contributed by atoms with Crippen molar-refractivity contribution in [1.82, 2.24) is 24.1 Å². The maximum Gasteiger partial charge on any atom is 0.243 e. The van der Waals surface area contributed by atoms with E-state index in [-0.39, 0.29) is 4.90 Å². The first kappa shape index (κ1) is 22.8. The summed E-state index contributed by atoms with van der Waals surface area (Å²) < 4.78 is 29.5. The summed E-state index contributed by atoms with van der Waals surface area (Å²) >= 11 is 5.92. The lowest BCUT2D eigenvalue weighted by molar-refractivity contribution is 0.384. The normalized spacial score (nSPS) is 15.2. The number of fused-ring (bicyclic) bond motifs is 1. The standard InChI is InChI=1S/C24H25ClN6O2S/c1-16-6-4-5-7-21(16)31-24-22(17(2)28-31)23(26-18(3)27-24)29-12-14-30(15-13-29)34(32,33)20-10-8-19(25)9-11-20/h4-11H,12-15H2,1-3H3. The molecule has 0 spiro atoms. The minimum absolute atomic E-state index is 0.251. The Kier molecular flexibility index (Phi) is 5.79. The van der Waals surface area contributed by atoms with Gasteiger partial charge in [-0.1, -0.05) is 29.8 Å². The highest BCUT2D eigenvalue weighted by Gasteiger charge is 2.30. The van der Waals surface area contributed by atoms with E-state index < -0.39 is 10.0 Å². The van der Waals surface area contributed by atoms with Crippen LogP contribution >= 0.6 is 11.6 Å². The van der Waals surface area contributed by atoms with Crippen LogP contribution in [0.4, 0.5) is 5.82 Å². The lowest BCUT2D eigenvalue weighted by Gasteiger charge is -2.35. The van der Waals surface area contributed by atoms with Crippen LogP contribution in [0.3, 0.4) is 0 Å². The van der Waals surface area contributed by atoms with Crippen LogP contribution in [0, 0.1) is 20.8 Å². The molecule has 8 nitrogen and oxygen atoms in total. The fourth-order valence-electron chi connectivity index (χ4n) is 4.36. The van der Waals surface area contributed by atoms with Gasteiger partial charge in [-0.25, -0.2) is 23.1 Å². The molecular formula is C24H25ClN6O2S. The number of anilines is 1. The summed E-state index contributed by atoms with van der Waals surface area (Å²) in [6.07, 6.45) is 0. The molecule has 176 valence electrons. The second-order valence-electron chi connectivity index (χ2n) is 8.42. The van der Waals surface area contributed by atoms with Crippen LogP contribution < -0.4 is 4.90 Å². The van der Waals surface area contributed by atoms with Crippen LogP contribution in [0.25, 0.3) is 16.7 Å². The van der Waals surface area contributed by atoms with E-state index in [1.807, 2.05) is 49.7 Å². The van der Waals surface area contributed by atoms with Crippen molar-refractivity contribution in [1.29, 1.82) is 0 Å². The van der Waals surface area contributed by atoms with Gasteiger partial charge in [-0.2, -0.15) is 9.40 Å². The third-order valence-corrected chi connectivity index (χ3v) is 8.29. The summed E-state index contributed by atoms with van der Waals surface area (Å²) in [6.45, 7) is 7.64. The monoisotopic (exact) mass is 496 g/mol. The molecule has 2 aromatic carbocycles.